The number of nitrogens with zero attached hydrogens (tertiary/aromatic N) is 6. The van der Waals surface area contributed by atoms with Crippen LogP contribution in [0.15, 0.2) is 12.4 Å². The third-order valence-electron chi connectivity index (χ3n) is 5.47. The highest BCUT2D eigenvalue weighted by Crippen LogP contribution is 2.37. The van der Waals surface area contributed by atoms with Gasteiger partial charge in [0.15, 0.2) is 17.2 Å². The van der Waals surface area contributed by atoms with Crippen molar-refractivity contribution in [1.29, 1.82) is 0 Å². The van der Waals surface area contributed by atoms with Gasteiger partial charge in [0.2, 0.25) is 0 Å². The lowest BCUT2D eigenvalue weighted by Crippen LogP contribution is -2.12. The molecule has 0 aliphatic heterocycles. The molecule has 4 heterocycles. The predicted octanol–water partition coefficient (Wildman–Crippen LogP) is 4.55. The Hall–Kier alpha value is -2.49. The first-order valence-electron chi connectivity index (χ1n) is 9.58. The molecule has 10 heteroatoms. The van der Waals surface area contributed by atoms with Gasteiger partial charge in [-0.05, 0) is 44.2 Å². The molecule has 0 radical (unpaired) electrons. The summed E-state index contributed by atoms with van der Waals surface area (Å²) in [6.07, 6.45) is 1.70. The van der Waals surface area contributed by atoms with Crippen molar-refractivity contribution in [2.45, 2.75) is 58.2 Å². The van der Waals surface area contributed by atoms with Crippen molar-refractivity contribution >= 4 is 27.2 Å². The highest BCUT2D eigenvalue weighted by Gasteiger charge is 2.34. The molecule has 29 heavy (non-hydrogen) atoms. The van der Waals surface area contributed by atoms with Crippen molar-refractivity contribution in [3.05, 3.63) is 40.0 Å². The first kappa shape index (κ1) is 18.5. The number of aromatic nitrogens is 6. The van der Waals surface area contributed by atoms with Gasteiger partial charge in [0.1, 0.15) is 11.2 Å². The second kappa shape index (κ2) is 6.51. The average Bonchev–Trinajstić information content (AvgIpc) is 3.35. The van der Waals surface area contributed by atoms with Gasteiger partial charge in [-0.25, -0.2) is 14.5 Å². The van der Waals surface area contributed by atoms with Gasteiger partial charge in [-0.3, -0.25) is 4.68 Å². The van der Waals surface area contributed by atoms with Crippen LogP contribution in [-0.4, -0.2) is 29.4 Å². The SMILES string of the molecule is Cc1cc(C(F)(F)F)nn1C[C@@H](C)c1nc2c3c4c(sc3ncn2n1)CCCC4. The van der Waals surface area contributed by atoms with Crippen molar-refractivity contribution < 1.29 is 13.2 Å². The quantitative estimate of drug-likeness (QED) is 0.488. The Labute approximate surface area is 168 Å². The fraction of sp³-hybridized carbons (Fsp3) is 0.474. The molecule has 0 N–H and O–H groups in total. The van der Waals surface area contributed by atoms with Crippen molar-refractivity contribution in [2.75, 3.05) is 0 Å². The Balaban J connectivity index is 1.51. The van der Waals surface area contributed by atoms with E-state index in [1.807, 2.05) is 6.92 Å². The van der Waals surface area contributed by atoms with E-state index >= 15 is 0 Å². The lowest BCUT2D eigenvalue weighted by Gasteiger charge is -2.10. The molecule has 1 aliphatic carbocycles. The molecule has 152 valence electrons. The summed E-state index contributed by atoms with van der Waals surface area (Å²) in [5.74, 6) is 0.387. The van der Waals surface area contributed by atoms with Crippen LogP contribution in [0.5, 0.6) is 0 Å². The summed E-state index contributed by atoms with van der Waals surface area (Å²) in [5, 5.41) is 9.35. The summed E-state index contributed by atoms with van der Waals surface area (Å²) in [5.41, 5.74) is 1.70. The molecule has 1 atom stereocenters. The van der Waals surface area contributed by atoms with Gasteiger partial charge < -0.3 is 0 Å². The zero-order valence-corrected chi connectivity index (χ0v) is 16.8. The Morgan fingerprint density at radius 1 is 1.21 bits per heavy atom. The van der Waals surface area contributed by atoms with E-state index in [9.17, 15) is 13.2 Å². The number of alkyl halides is 3. The van der Waals surface area contributed by atoms with E-state index in [0.29, 0.717) is 11.5 Å². The molecule has 0 fully saturated rings. The van der Waals surface area contributed by atoms with Crippen LogP contribution in [0.4, 0.5) is 13.2 Å². The fourth-order valence-corrected chi connectivity index (χ4v) is 5.18. The normalized spacial score (nSPS) is 15.9. The van der Waals surface area contributed by atoms with Crippen LogP contribution < -0.4 is 0 Å². The van der Waals surface area contributed by atoms with E-state index in [-0.39, 0.29) is 12.5 Å². The minimum atomic E-state index is -4.45. The predicted molar refractivity (Wildman–Crippen MR) is 103 cm³/mol. The summed E-state index contributed by atoms with van der Waals surface area (Å²) in [6, 6.07) is 1.06. The second-order valence-corrected chi connectivity index (χ2v) is 8.71. The van der Waals surface area contributed by atoms with Crippen LogP contribution in [0.2, 0.25) is 0 Å². The average molecular weight is 420 g/mol. The Morgan fingerprint density at radius 2 is 2.00 bits per heavy atom. The molecular formula is C19H19F3N6S. The van der Waals surface area contributed by atoms with Crippen LogP contribution in [0.3, 0.4) is 0 Å². The largest absolute Gasteiger partial charge is 0.435 e. The summed E-state index contributed by atoms with van der Waals surface area (Å²) < 4.78 is 41.8. The smallest absolute Gasteiger partial charge is 0.269 e. The Morgan fingerprint density at radius 3 is 2.76 bits per heavy atom. The lowest BCUT2D eigenvalue weighted by atomic mass is 9.97. The van der Waals surface area contributed by atoms with E-state index in [1.165, 1.54) is 21.5 Å². The van der Waals surface area contributed by atoms with E-state index in [4.69, 9.17) is 4.98 Å². The van der Waals surface area contributed by atoms with Gasteiger partial charge in [-0.2, -0.15) is 18.3 Å². The minimum absolute atomic E-state index is 0.195. The van der Waals surface area contributed by atoms with Crippen LogP contribution in [-0.2, 0) is 25.6 Å². The maximum Gasteiger partial charge on any atom is 0.435 e. The van der Waals surface area contributed by atoms with E-state index in [2.05, 4.69) is 15.2 Å². The van der Waals surface area contributed by atoms with Gasteiger partial charge in [0, 0.05) is 16.5 Å². The molecule has 4 aromatic rings. The molecule has 4 aromatic heterocycles. The Kier molecular flexibility index (Phi) is 4.16. The molecule has 0 aromatic carbocycles. The van der Waals surface area contributed by atoms with Gasteiger partial charge >= 0.3 is 6.18 Å². The molecule has 1 aliphatic rings. The first-order valence-corrected chi connectivity index (χ1v) is 10.4. The summed E-state index contributed by atoms with van der Waals surface area (Å²) in [7, 11) is 0. The molecule has 0 amide bonds. The molecule has 0 bridgehead atoms. The van der Waals surface area contributed by atoms with Crippen molar-refractivity contribution in [1.82, 2.24) is 29.4 Å². The zero-order valence-electron chi connectivity index (χ0n) is 16.0. The van der Waals surface area contributed by atoms with E-state index < -0.39 is 11.9 Å². The maximum atomic E-state index is 12.9. The molecule has 0 spiro atoms. The molecule has 5 rings (SSSR count). The van der Waals surface area contributed by atoms with Gasteiger partial charge in [0.25, 0.3) is 0 Å². The topological polar surface area (TPSA) is 60.9 Å². The maximum absolute atomic E-state index is 12.9. The number of fused-ring (bicyclic) bond motifs is 5. The number of thiophene rings is 1. The zero-order chi connectivity index (χ0) is 20.3. The number of hydrogen-bond donors (Lipinski definition) is 0. The molecule has 0 saturated heterocycles. The number of aryl methyl sites for hydroxylation is 3. The van der Waals surface area contributed by atoms with Crippen LogP contribution >= 0.6 is 11.3 Å². The minimum Gasteiger partial charge on any atom is -0.269 e. The first-order chi connectivity index (χ1) is 13.8. The van der Waals surface area contributed by atoms with Crippen molar-refractivity contribution in [2.24, 2.45) is 0 Å². The van der Waals surface area contributed by atoms with Gasteiger partial charge in [-0.15, -0.1) is 16.4 Å². The number of rotatable bonds is 3. The standard InChI is InChI=1S/C19H19F3N6S/c1-10(8-27-11(2)7-14(25-27)19(20,21)22)16-24-17-15-12-5-3-4-6-13(12)29-18(15)23-9-28(17)26-16/h7,9-10H,3-6,8H2,1-2H3/t10-/m1/s1. The molecule has 0 unspecified atom stereocenters. The Bertz CT molecular complexity index is 1220. The lowest BCUT2D eigenvalue weighted by molar-refractivity contribution is -0.141. The molecule has 0 saturated carbocycles. The van der Waals surface area contributed by atoms with E-state index in [1.54, 1.807) is 29.1 Å². The highest BCUT2D eigenvalue weighted by atomic mass is 32.1. The van der Waals surface area contributed by atoms with E-state index in [0.717, 1.165) is 41.2 Å². The number of halogens is 3. The summed E-state index contributed by atoms with van der Waals surface area (Å²) in [4.78, 5) is 11.7. The third-order valence-corrected chi connectivity index (χ3v) is 6.67. The summed E-state index contributed by atoms with van der Waals surface area (Å²) >= 11 is 1.73. The van der Waals surface area contributed by atoms with Crippen LogP contribution in [0.25, 0.3) is 15.9 Å². The highest BCUT2D eigenvalue weighted by molar-refractivity contribution is 7.19. The summed E-state index contributed by atoms with van der Waals surface area (Å²) in [6.45, 7) is 3.80. The van der Waals surface area contributed by atoms with Gasteiger partial charge in [0.05, 0.1) is 11.9 Å². The van der Waals surface area contributed by atoms with Gasteiger partial charge in [-0.1, -0.05) is 6.92 Å². The van der Waals surface area contributed by atoms with Crippen molar-refractivity contribution in [3.63, 3.8) is 0 Å². The molecule has 6 nitrogen and oxygen atoms in total. The van der Waals surface area contributed by atoms with Crippen molar-refractivity contribution in [3.8, 4) is 0 Å². The molecular weight excluding hydrogens is 401 g/mol. The monoisotopic (exact) mass is 420 g/mol. The fourth-order valence-electron chi connectivity index (χ4n) is 3.95. The van der Waals surface area contributed by atoms with Crippen LogP contribution in [0.1, 0.15) is 53.3 Å². The van der Waals surface area contributed by atoms with Crippen LogP contribution in [0, 0.1) is 6.92 Å². The second-order valence-electron chi connectivity index (χ2n) is 7.63. The third kappa shape index (κ3) is 3.09. The number of hydrogen-bond acceptors (Lipinski definition) is 5.